The van der Waals surface area contributed by atoms with Gasteiger partial charge in [-0.05, 0) is 51.8 Å². The van der Waals surface area contributed by atoms with Crippen molar-refractivity contribution in [3.63, 3.8) is 0 Å². The quantitative estimate of drug-likeness (QED) is 0.591. The molecule has 0 fully saturated rings. The molecule has 0 amide bonds. The van der Waals surface area contributed by atoms with Crippen LogP contribution in [0, 0.1) is 0 Å². The Hall–Kier alpha value is -1.09. The fraction of sp³-hybridized carbons (Fsp3) is 0.176. The van der Waals surface area contributed by atoms with Crippen molar-refractivity contribution in [2.75, 3.05) is 0 Å². The summed E-state index contributed by atoms with van der Waals surface area (Å²) in [5, 5.41) is 0. The molecule has 1 heteroatoms. The Morgan fingerprint density at radius 2 is 1.11 bits per heavy atom. The summed E-state index contributed by atoms with van der Waals surface area (Å²) < 4.78 is 1.52. The lowest BCUT2D eigenvalue weighted by Gasteiger charge is -2.41. The standard InChI is InChI=1S/C17H13I/c1-10-15-11-6-2-4-8-13(11)16(17(10)18)14-9-5-3-7-12(14)15/h2-9,15-16H,1H3. The van der Waals surface area contributed by atoms with Gasteiger partial charge in [-0.3, -0.25) is 0 Å². The first kappa shape index (κ1) is 10.8. The molecule has 0 radical (unpaired) electrons. The Labute approximate surface area is 121 Å². The van der Waals surface area contributed by atoms with E-state index in [4.69, 9.17) is 0 Å². The zero-order valence-corrected chi connectivity index (χ0v) is 12.3. The largest absolute Gasteiger partial charge is 0.0619 e. The molecule has 0 saturated heterocycles. The molecule has 0 unspecified atom stereocenters. The molecular formula is C17H13I. The average molecular weight is 344 g/mol. The monoisotopic (exact) mass is 344 g/mol. The van der Waals surface area contributed by atoms with Crippen LogP contribution in [0.15, 0.2) is 57.7 Å². The Morgan fingerprint density at radius 3 is 1.56 bits per heavy atom. The first-order chi connectivity index (χ1) is 8.79. The summed E-state index contributed by atoms with van der Waals surface area (Å²) in [5.74, 6) is 0.956. The van der Waals surface area contributed by atoms with E-state index in [0.717, 1.165) is 0 Å². The van der Waals surface area contributed by atoms with E-state index in [1.807, 2.05) is 0 Å². The van der Waals surface area contributed by atoms with Crippen LogP contribution >= 0.6 is 22.6 Å². The number of rotatable bonds is 0. The zero-order chi connectivity index (χ0) is 12.3. The molecule has 3 aliphatic carbocycles. The van der Waals surface area contributed by atoms with Crippen LogP contribution in [0.25, 0.3) is 0 Å². The van der Waals surface area contributed by atoms with Gasteiger partial charge >= 0.3 is 0 Å². The minimum Gasteiger partial charge on any atom is -0.0619 e. The molecule has 0 aromatic heterocycles. The van der Waals surface area contributed by atoms with Gasteiger partial charge in [-0.25, -0.2) is 0 Å². The molecule has 0 atom stereocenters. The highest BCUT2D eigenvalue weighted by atomic mass is 127. The molecule has 0 N–H and O–H groups in total. The van der Waals surface area contributed by atoms with Crippen LogP contribution in [0.4, 0.5) is 0 Å². The second kappa shape index (κ2) is 3.70. The molecule has 0 nitrogen and oxygen atoms in total. The maximum absolute atomic E-state index is 2.55. The molecule has 0 heterocycles. The summed E-state index contributed by atoms with van der Waals surface area (Å²) in [6, 6.07) is 17.9. The summed E-state index contributed by atoms with van der Waals surface area (Å²) in [6.45, 7) is 2.30. The Morgan fingerprint density at radius 1 is 0.722 bits per heavy atom. The van der Waals surface area contributed by atoms with Crippen molar-refractivity contribution in [1.82, 2.24) is 0 Å². The third-order valence-electron chi connectivity index (χ3n) is 4.30. The molecule has 0 aliphatic heterocycles. The van der Waals surface area contributed by atoms with Crippen molar-refractivity contribution in [2.45, 2.75) is 18.8 Å². The Bertz CT molecular complexity index is 576. The molecule has 88 valence electrons. The number of hydrogen-bond acceptors (Lipinski definition) is 0. The molecule has 2 aromatic rings. The molecule has 3 aliphatic rings. The lowest BCUT2D eigenvalue weighted by atomic mass is 9.65. The summed E-state index contributed by atoms with van der Waals surface area (Å²) >= 11 is 2.55. The minimum absolute atomic E-state index is 0.475. The topological polar surface area (TPSA) is 0 Å². The van der Waals surface area contributed by atoms with Crippen LogP contribution < -0.4 is 0 Å². The van der Waals surface area contributed by atoms with Gasteiger partial charge in [0, 0.05) is 15.4 Å². The third kappa shape index (κ3) is 1.21. The molecule has 2 aromatic carbocycles. The first-order valence-electron chi connectivity index (χ1n) is 6.33. The molecule has 5 rings (SSSR count). The Kier molecular flexibility index (Phi) is 2.22. The summed E-state index contributed by atoms with van der Waals surface area (Å²) in [5.41, 5.74) is 7.59. The van der Waals surface area contributed by atoms with Gasteiger partial charge in [0.15, 0.2) is 0 Å². The fourth-order valence-electron chi connectivity index (χ4n) is 3.51. The van der Waals surface area contributed by atoms with E-state index in [9.17, 15) is 0 Å². The molecular weight excluding hydrogens is 331 g/mol. The first-order valence-corrected chi connectivity index (χ1v) is 7.40. The van der Waals surface area contributed by atoms with Crippen molar-refractivity contribution in [3.05, 3.63) is 79.9 Å². The number of allylic oxidation sites excluding steroid dienone is 2. The molecule has 0 spiro atoms. The predicted molar refractivity (Wildman–Crippen MR) is 83.3 cm³/mol. The smallest absolute Gasteiger partial charge is 0.0403 e. The van der Waals surface area contributed by atoms with Crippen LogP contribution in [0.2, 0.25) is 0 Å². The lowest BCUT2D eigenvalue weighted by molar-refractivity contribution is 0.764. The van der Waals surface area contributed by atoms with Gasteiger partial charge in [0.05, 0.1) is 0 Å². The van der Waals surface area contributed by atoms with Gasteiger partial charge in [-0.1, -0.05) is 54.1 Å². The van der Waals surface area contributed by atoms with Crippen LogP contribution in [-0.4, -0.2) is 0 Å². The molecule has 18 heavy (non-hydrogen) atoms. The van der Waals surface area contributed by atoms with Crippen LogP contribution in [0.1, 0.15) is 41.0 Å². The number of benzene rings is 2. The normalized spacial score (nSPS) is 23.9. The van der Waals surface area contributed by atoms with Gasteiger partial charge in [-0.2, -0.15) is 0 Å². The van der Waals surface area contributed by atoms with E-state index in [1.54, 1.807) is 0 Å². The van der Waals surface area contributed by atoms with E-state index >= 15 is 0 Å². The van der Waals surface area contributed by atoms with Crippen molar-refractivity contribution < 1.29 is 0 Å². The zero-order valence-electron chi connectivity index (χ0n) is 10.2. The third-order valence-corrected chi connectivity index (χ3v) is 5.77. The molecule has 2 bridgehead atoms. The second-order valence-corrected chi connectivity index (χ2v) is 6.32. The van der Waals surface area contributed by atoms with E-state index < -0.39 is 0 Å². The van der Waals surface area contributed by atoms with Gasteiger partial charge in [0.25, 0.3) is 0 Å². The van der Waals surface area contributed by atoms with Crippen molar-refractivity contribution in [1.29, 1.82) is 0 Å². The van der Waals surface area contributed by atoms with E-state index in [0.29, 0.717) is 11.8 Å². The predicted octanol–water partition coefficient (Wildman–Crippen LogP) is 4.99. The van der Waals surface area contributed by atoms with E-state index in [1.165, 1.54) is 31.4 Å². The van der Waals surface area contributed by atoms with Gasteiger partial charge in [-0.15, -0.1) is 0 Å². The SMILES string of the molecule is CC1=C(I)C2c3ccccc3C1c1ccccc12. The lowest BCUT2D eigenvalue weighted by Crippen LogP contribution is -2.25. The highest BCUT2D eigenvalue weighted by Gasteiger charge is 2.39. The Balaban J connectivity index is 2.10. The van der Waals surface area contributed by atoms with Crippen molar-refractivity contribution in [3.8, 4) is 0 Å². The maximum Gasteiger partial charge on any atom is 0.0403 e. The second-order valence-electron chi connectivity index (χ2n) is 5.15. The number of halogens is 1. The van der Waals surface area contributed by atoms with Gasteiger partial charge in [0.1, 0.15) is 0 Å². The minimum atomic E-state index is 0.475. The average Bonchev–Trinajstić information content (AvgIpc) is 2.42. The van der Waals surface area contributed by atoms with Crippen molar-refractivity contribution in [2.24, 2.45) is 0 Å². The highest BCUT2D eigenvalue weighted by Crippen LogP contribution is 2.56. The fourth-order valence-corrected chi connectivity index (χ4v) is 4.50. The van der Waals surface area contributed by atoms with Crippen molar-refractivity contribution >= 4 is 22.6 Å². The van der Waals surface area contributed by atoms with Gasteiger partial charge < -0.3 is 0 Å². The van der Waals surface area contributed by atoms with Gasteiger partial charge in [0.2, 0.25) is 0 Å². The maximum atomic E-state index is 2.55. The van der Waals surface area contributed by atoms with E-state index in [-0.39, 0.29) is 0 Å². The molecule has 0 saturated carbocycles. The summed E-state index contributed by atoms with van der Waals surface area (Å²) in [7, 11) is 0. The summed E-state index contributed by atoms with van der Waals surface area (Å²) in [6.07, 6.45) is 0. The number of hydrogen-bond donors (Lipinski definition) is 0. The highest BCUT2D eigenvalue weighted by molar-refractivity contribution is 14.1. The summed E-state index contributed by atoms with van der Waals surface area (Å²) in [4.78, 5) is 0. The van der Waals surface area contributed by atoms with E-state index in [2.05, 4.69) is 78.0 Å². The van der Waals surface area contributed by atoms with Crippen LogP contribution in [0.3, 0.4) is 0 Å². The van der Waals surface area contributed by atoms with Crippen LogP contribution in [-0.2, 0) is 0 Å². The van der Waals surface area contributed by atoms with Crippen LogP contribution in [0.5, 0.6) is 0 Å².